The molecule has 112 valence electrons. The van der Waals surface area contributed by atoms with Gasteiger partial charge in [-0.1, -0.05) is 5.16 Å². The third-order valence-corrected chi connectivity index (χ3v) is 2.91. The molecule has 1 heterocycles. The van der Waals surface area contributed by atoms with Crippen LogP contribution in [-0.2, 0) is 19.1 Å². The molecule has 1 saturated heterocycles. The molecule has 0 N–H and O–H groups in total. The zero-order valence-electron chi connectivity index (χ0n) is 11.4. The fourth-order valence-corrected chi connectivity index (χ4v) is 1.77. The van der Waals surface area contributed by atoms with Crippen LogP contribution < -0.4 is 0 Å². The van der Waals surface area contributed by atoms with Crippen LogP contribution in [0, 0.1) is 10.1 Å². The molecule has 1 aromatic rings. The molecule has 0 bridgehead atoms. The second-order valence-electron chi connectivity index (χ2n) is 4.33. The summed E-state index contributed by atoms with van der Waals surface area (Å²) in [5.74, 6) is -0.678. The molecule has 21 heavy (non-hydrogen) atoms. The fourth-order valence-electron chi connectivity index (χ4n) is 1.77. The summed E-state index contributed by atoms with van der Waals surface area (Å²) >= 11 is 0. The summed E-state index contributed by atoms with van der Waals surface area (Å²) in [7, 11) is 1.22. The van der Waals surface area contributed by atoms with Crippen molar-refractivity contribution in [2.24, 2.45) is 5.16 Å². The molecule has 1 atom stereocenters. The van der Waals surface area contributed by atoms with Gasteiger partial charge in [-0.05, 0) is 12.1 Å². The third-order valence-electron chi connectivity index (χ3n) is 2.91. The molecular weight excluding hydrogens is 280 g/mol. The number of nitro benzene ring substituents is 1. The summed E-state index contributed by atoms with van der Waals surface area (Å²) in [5.41, 5.74) is 0.263. The van der Waals surface area contributed by atoms with Crippen LogP contribution in [0.2, 0.25) is 0 Å². The summed E-state index contributed by atoms with van der Waals surface area (Å²) in [5, 5.41) is 14.4. The lowest BCUT2D eigenvalue weighted by molar-refractivity contribution is -0.384. The number of nitro groups is 1. The van der Waals surface area contributed by atoms with Gasteiger partial charge in [0.25, 0.3) is 5.69 Å². The number of esters is 1. The number of carbonyl (C=O) groups is 1. The van der Waals surface area contributed by atoms with Crippen LogP contribution in [0.1, 0.15) is 12.0 Å². The molecule has 0 aromatic heterocycles. The minimum absolute atomic E-state index is 0.0423. The van der Waals surface area contributed by atoms with Gasteiger partial charge in [0.2, 0.25) is 0 Å². The predicted molar refractivity (Wildman–Crippen MR) is 72.0 cm³/mol. The number of ether oxygens (including phenoxy) is 2. The average Bonchev–Trinajstić information content (AvgIpc) is 3.01. The predicted octanol–water partition coefficient (Wildman–Crippen LogP) is 1.28. The second-order valence-corrected chi connectivity index (χ2v) is 4.33. The van der Waals surface area contributed by atoms with Crippen LogP contribution in [0.25, 0.3) is 0 Å². The molecule has 0 unspecified atom stereocenters. The highest BCUT2D eigenvalue weighted by molar-refractivity contribution is 6.43. The van der Waals surface area contributed by atoms with Gasteiger partial charge in [0.05, 0.1) is 25.2 Å². The van der Waals surface area contributed by atoms with Crippen molar-refractivity contribution < 1.29 is 24.0 Å². The van der Waals surface area contributed by atoms with E-state index >= 15 is 0 Å². The first-order valence-corrected chi connectivity index (χ1v) is 6.26. The Morgan fingerprint density at radius 2 is 2.14 bits per heavy atom. The zero-order chi connectivity index (χ0) is 15.2. The normalized spacial score (nSPS) is 18.3. The molecular formula is C13H14N2O6. The maximum Gasteiger partial charge on any atom is 0.360 e. The van der Waals surface area contributed by atoms with E-state index in [4.69, 9.17) is 9.57 Å². The number of nitrogens with zero attached hydrogens (tertiary/aromatic N) is 2. The zero-order valence-corrected chi connectivity index (χ0v) is 11.4. The van der Waals surface area contributed by atoms with Crippen LogP contribution in [0.3, 0.4) is 0 Å². The Balaban J connectivity index is 2.20. The van der Waals surface area contributed by atoms with Gasteiger partial charge in [-0.25, -0.2) is 4.79 Å². The topological polar surface area (TPSA) is 100 Å². The number of methoxy groups -OCH3 is 1. The van der Waals surface area contributed by atoms with E-state index in [1.807, 2.05) is 0 Å². The average molecular weight is 294 g/mol. The van der Waals surface area contributed by atoms with E-state index in [0.717, 1.165) is 0 Å². The number of hydrogen-bond acceptors (Lipinski definition) is 7. The Hall–Kier alpha value is -2.48. The van der Waals surface area contributed by atoms with E-state index < -0.39 is 10.9 Å². The lowest BCUT2D eigenvalue weighted by atomic mass is 10.1. The standard InChI is InChI=1S/C13H14N2O6/c1-19-13(16)12(14-21-11-6-7-20-8-11)9-2-4-10(5-3-9)15(17)18/h2-5,11H,6-8H2,1H3/b14-12+/t11-/m1/s1. The molecule has 8 nitrogen and oxygen atoms in total. The maximum atomic E-state index is 11.7. The number of benzene rings is 1. The lowest BCUT2D eigenvalue weighted by Gasteiger charge is -2.08. The molecule has 0 spiro atoms. The van der Waals surface area contributed by atoms with Gasteiger partial charge in [0.15, 0.2) is 11.8 Å². The molecule has 8 heteroatoms. The maximum absolute atomic E-state index is 11.7. The number of rotatable bonds is 5. The van der Waals surface area contributed by atoms with Crippen LogP contribution in [0.15, 0.2) is 29.4 Å². The number of hydrogen-bond donors (Lipinski definition) is 0. The number of carbonyl (C=O) groups excluding carboxylic acids is 1. The first kappa shape index (κ1) is 14.9. The van der Waals surface area contributed by atoms with Crippen LogP contribution in [0.4, 0.5) is 5.69 Å². The monoisotopic (exact) mass is 294 g/mol. The molecule has 0 aliphatic carbocycles. The largest absolute Gasteiger partial charge is 0.464 e. The Labute approximate surface area is 120 Å². The van der Waals surface area contributed by atoms with Crippen LogP contribution >= 0.6 is 0 Å². The summed E-state index contributed by atoms with van der Waals surface area (Å²) < 4.78 is 9.78. The minimum atomic E-state index is -0.678. The van der Waals surface area contributed by atoms with Crippen LogP contribution in [0.5, 0.6) is 0 Å². The van der Waals surface area contributed by atoms with Gasteiger partial charge in [-0.3, -0.25) is 10.1 Å². The number of oxime groups is 1. The van der Waals surface area contributed by atoms with E-state index in [9.17, 15) is 14.9 Å². The van der Waals surface area contributed by atoms with Crippen molar-refractivity contribution in [1.29, 1.82) is 0 Å². The van der Waals surface area contributed by atoms with E-state index in [-0.39, 0.29) is 17.5 Å². The fraction of sp³-hybridized carbons (Fsp3) is 0.385. The molecule has 1 aromatic carbocycles. The molecule has 0 saturated carbocycles. The first-order chi connectivity index (χ1) is 10.1. The van der Waals surface area contributed by atoms with E-state index in [2.05, 4.69) is 9.89 Å². The van der Waals surface area contributed by atoms with Gasteiger partial charge in [-0.2, -0.15) is 0 Å². The van der Waals surface area contributed by atoms with E-state index in [0.29, 0.717) is 25.2 Å². The molecule has 1 aliphatic rings. The van der Waals surface area contributed by atoms with Crippen molar-refractivity contribution in [3.05, 3.63) is 39.9 Å². The lowest BCUT2D eigenvalue weighted by Crippen LogP contribution is -2.19. The molecule has 0 amide bonds. The highest BCUT2D eigenvalue weighted by Crippen LogP contribution is 2.14. The van der Waals surface area contributed by atoms with Crippen molar-refractivity contribution in [3.8, 4) is 0 Å². The molecule has 0 radical (unpaired) electrons. The minimum Gasteiger partial charge on any atom is -0.464 e. The first-order valence-electron chi connectivity index (χ1n) is 6.26. The van der Waals surface area contributed by atoms with E-state index in [1.165, 1.54) is 31.4 Å². The Kier molecular flexibility index (Phi) is 4.83. The summed E-state index contributed by atoms with van der Waals surface area (Å²) in [6, 6.07) is 5.41. The van der Waals surface area contributed by atoms with Gasteiger partial charge in [0, 0.05) is 24.1 Å². The second kappa shape index (κ2) is 6.80. The highest BCUT2D eigenvalue weighted by Gasteiger charge is 2.21. The van der Waals surface area contributed by atoms with Crippen molar-refractivity contribution in [3.63, 3.8) is 0 Å². The highest BCUT2D eigenvalue weighted by atomic mass is 16.7. The summed E-state index contributed by atoms with van der Waals surface area (Å²) in [4.78, 5) is 27.1. The SMILES string of the molecule is COC(=O)/C(=N/O[C@@H]1CCOC1)c1ccc([N+](=O)[O-])cc1. The van der Waals surface area contributed by atoms with Crippen LogP contribution in [-0.4, -0.2) is 43.0 Å². The van der Waals surface area contributed by atoms with Gasteiger partial charge < -0.3 is 14.3 Å². The smallest absolute Gasteiger partial charge is 0.360 e. The Bertz CT molecular complexity index is 548. The van der Waals surface area contributed by atoms with Crippen molar-refractivity contribution in [2.45, 2.75) is 12.5 Å². The molecule has 1 fully saturated rings. The summed E-state index contributed by atoms with van der Waals surface area (Å²) in [6.45, 7) is 1.00. The number of non-ortho nitro benzene ring substituents is 1. The van der Waals surface area contributed by atoms with E-state index in [1.54, 1.807) is 0 Å². The Morgan fingerprint density at radius 3 is 2.67 bits per heavy atom. The van der Waals surface area contributed by atoms with Crippen molar-refractivity contribution in [2.75, 3.05) is 20.3 Å². The van der Waals surface area contributed by atoms with Gasteiger partial charge in [-0.15, -0.1) is 0 Å². The van der Waals surface area contributed by atoms with Gasteiger partial charge >= 0.3 is 5.97 Å². The quantitative estimate of drug-likeness (QED) is 0.351. The van der Waals surface area contributed by atoms with Crippen molar-refractivity contribution >= 4 is 17.4 Å². The third kappa shape index (κ3) is 3.76. The Morgan fingerprint density at radius 1 is 1.43 bits per heavy atom. The molecule has 1 aliphatic heterocycles. The molecule has 2 rings (SSSR count). The van der Waals surface area contributed by atoms with Crippen molar-refractivity contribution in [1.82, 2.24) is 0 Å². The van der Waals surface area contributed by atoms with Gasteiger partial charge in [0.1, 0.15) is 0 Å². The summed E-state index contributed by atoms with van der Waals surface area (Å²) in [6.07, 6.45) is 0.487.